The molecule has 0 heterocycles. The third-order valence-electron chi connectivity index (χ3n) is 1.34. The minimum absolute atomic E-state index is 0.264. The number of hydrogen-bond donors (Lipinski definition) is 4. The molecule has 0 aromatic heterocycles. The number of hydrogen-bond acceptors (Lipinski definition) is 3. The van der Waals surface area contributed by atoms with Crippen LogP contribution in [0.2, 0.25) is 0 Å². The van der Waals surface area contributed by atoms with Gasteiger partial charge in [-0.25, -0.2) is 9.59 Å². The monoisotopic (exact) mass is 200 g/mol. The number of terminal acetylenes is 1. The zero-order valence-electron chi connectivity index (χ0n) is 7.49. The Bertz CT molecular complexity index is 246. The summed E-state index contributed by atoms with van der Waals surface area (Å²) in [5.41, 5.74) is 0. The summed E-state index contributed by atoms with van der Waals surface area (Å²) in [6.07, 6.45) is 5.30. The van der Waals surface area contributed by atoms with Gasteiger partial charge in [-0.1, -0.05) is 0 Å². The van der Waals surface area contributed by atoms with Crippen molar-refractivity contribution >= 4 is 12.0 Å². The van der Waals surface area contributed by atoms with E-state index >= 15 is 0 Å². The number of amides is 2. The molecule has 2 amide bonds. The highest BCUT2D eigenvalue weighted by Gasteiger charge is 2.17. The molecule has 0 spiro atoms. The Morgan fingerprint density at radius 2 is 2.14 bits per heavy atom. The molecule has 0 aromatic rings. The lowest BCUT2D eigenvalue weighted by molar-refractivity contribution is -0.140. The van der Waals surface area contributed by atoms with Gasteiger partial charge in [0.25, 0.3) is 0 Å². The average Bonchev–Trinajstić information content (AvgIpc) is 2.14. The van der Waals surface area contributed by atoms with Crippen LogP contribution in [-0.4, -0.2) is 41.4 Å². The van der Waals surface area contributed by atoms with Gasteiger partial charge in [-0.2, -0.15) is 0 Å². The lowest BCUT2D eigenvalue weighted by Gasteiger charge is -2.11. The van der Waals surface area contributed by atoms with Crippen LogP contribution >= 0.6 is 0 Å². The molecule has 78 valence electrons. The molecule has 0 bridgehead atoms. The van der Waals surface area contributed by atoms with Crippen molar-refractivity contribution in [3.05, 3.63) is 0 Å². The van der Waals surface area contributed by atoms with Crippen molar-refractivity contribution in [2.75, 3.05) is 13.2 Å². The zero-order chi connectivity index (χ0) is 11.0. The topological polar surface area (TPSA) is 98.7 Å². The summed E-state index contributed by atoms with van der Waals surface area (Å²) >= 11 is 0. The lowest BCUT2D eigenvalue weighted by Crippen LogP contribution is -2.48. The number of aliphatic hydroxyl groups is 1. The predicted molar refractivity (Wildman–Crippen MR) is 48.5 cm³/mol. The molecule has 4 N–H and O–H groups in total. The molecular formula is C8H12N2O4. The third-order valence-corrected chi connectivity index (χ3v) is 1.34. The first kappa shape index (κ1) is 12.3. The first-order chi connectivity index (χ1) is 6.61. The van der Waals surface area contributed by atoms with E-state index in [1.165, 1.54) is 0 Å². The quantitative estimate of drug-likeness (QED) is 0.329. The molecule has 6 heteroatoms. The summed E-state index contributed by atoms with van der Waals surface area (Å²) in [6, 6.07) is -1.96. The van der Waals surface area contributed by atoms with Gasteiger partial charge in [0.1, 0.15) is 0 Å². The highest BCUT2D eigenvalue weighted by Crippen LogP contribution is 1.82. The fourth-order valence-electron chi connectivity index (χ4n) is 0.643. The first-order valence-electron chi connectivity index (χ1n) is 3.93. The van der Waals surface area contributed by atoms with Gasteiger partial charge in [0, 0.05) is 13.0 Å². The summed E-state index contributed by atoms with van der Waals surface area (Å²) in [6.45, 7) is -0.391. The Kier molecular flexibility index (Phi) is 5.90. The number of carboxylic acid groups (broad SMARTS) is 1. The zero-order valence-corrected chi connectivity index (χ0v) is 7.49. The molecule has 0 aromatic carbocycles. The van der Waals surface area contributed by atoms with Gasteiger partial charge in [0.15, 0.2) is 6.04 Å². The maximum Gasteiger partial charge on any atom is 0.328 e. The number of rotatable bonds is 5. The van der Waals surface area contributed by atoms with Crippen molar-refractivity contribution < 1.29 is 19.8 Å². The molecule has 0 radical (unpaired) electrons. The molecule has 14 heavy (non-hydrogen) atoms. The third kappa shape index (κ3) is 5.00. The van der Waals surface area contributed by atoms with Crippen LogP contribution in [0.4, 0.5) is 4.79 Å². The van der Waals surface area contributed by atoms with Gasteiger partial charge >= 0.3 is 12.0 Å². The summed E-state index contributed by atoms with van der Waals surface area (Å²) in [4.78, 5) is 21.3. The average molecular weight is 200 g/mol. The lowest BCUT2D eigenvalue weighted by atomic mass is 10.3. The smallest absolute Gasteiger partial charge is 0.328 e. The second-order valence-corrected chi connectivity index (χ2v) is 2.43. The van der Waals surface area contributed by atoms with Gasteiger partial charge in [0.05, 0.1) is 6.61 Å². The van der Waals surface area contributed by atoms with E-state index in [9.17, 15) is 9.59 Å². The molecule has 0 saturated heterocycles. The minimum Gasteiger partial charge on any atom is -0.480 e. The van der Waals surface area contributed by atoms with E-state index in [2.05, 4.69) is 16.6 Å². The SMILES string of the molecule is C#CCCNC(=O)N[C@H](CO)C(=O)O. The molecule has 0 aliphatic rings. The largest absolute Gasteiger partial charge is 0.480 e. The Balaban J connectivity index is 3.80. The second kappa shape index (κ2) is 6.74. The van der Waals surface area contributed by atoms with Crippen molar-refractivity contribution in [2.24, 2.45) is 0 Å². The highest BCUT2D eigenvalue weighted by atomic mass is 16.4. The fourth-order valence-corrected chi connectivity index (χ4v) is 0.643. The Hall–Kier alpha value is -1.74. The molecule has 0 aliphatic heterocycles. The van der Waals surface area contributed by atoms with Gasteiger partial charge in [-0.15, -0.1) is 12.3 Å². The minimum atomic E-state index is -1.29. The number of aliphatic hydroxyl groups excluding tert-OH is 1. The van der Waals surface area contributed by atoms with Gasteiger partial charge in [0.2, 0.25) is 0 Å². The van der Waals surface area contributed by atoms with Gasteiger partial charge in [-0.05, 0) is 0 Å². The number of carbonyl (C=O) groups excluding carboxylic acids is 1. The van der Waals surface area contributed by atoms with Crippen LogP contribution < -0.4 is 10.6 Å². The summed E-state index contributed by atoms with van der Waals surface area (Å²) in [5, 5.41) is 21.4. The van der Waals surface area contributed by atoms with E-state index in [1.807, 2.05) is 0 Å². The van der Waals surface area contributed by atoms with Crippen LogP contribution in [0.5, 0.6) is 0 Å². The number of carbonyl (C=O) groups is 2. The maximum atomic E-state index is 10.9. The molecular weight excluding hydrogens is 188 g/mol. The van der Waals surface area contributed by atoms with Crippen molar-refractivity contribution in [1.29, 1.82) is 0 Å². The predicted octanol–water partition coefficient (Wildman–Crippen LogP) is -1.25. The maximum absolute atomic E-state index is 10.9. The summed E-state index contributed by atoms with van der Waals surface area (Å²) in [5.74, 6) is 1.01. The number of aliphatic carboxylic acids is 1. The van der Waals surface area contributed by atoms with Crippen LogP contribution in [0.25, 0.3) is 0 Å². The Labute approximate surface area is 81.3 Å². The molecule has 0 aliphatic carbocycles. The van der Waals surface area contributed by atoms with Crippen molar-refractivity contribution in [3.8, 4) is 12.3 Å². The summed E-state index contributed by atoms with van der Waals surface area (Å²) in [7, 11) is 0. The fraction of sp³-hybridized carbons (Fsp3) is 0.500. The van der Waals surface area contributed by atoms with E-state index < -0.39 is 24.6 Å². The molecule has 1 atom stereocenters. The van der Waals surface area contributed by atoms with E-state index in [0.29, 0.717) is 6.42 Å². The molecule has 0 unspecified atom stereocenters. The molecule has 0 rings (SSSR count). The number of carboxylic acids is 1. The van der Waals surface area contributed by atoms with Crippen LogP contribution in [0.15, 0.2) is 0 Å². The van der Waals surface area contributed by atoms with Crippen LogP contribution in [0, 0.1) is 12.3 Å². The second-order valence-electron chi connectivity index (χ2n) is 2.43. The van der Waals surface area contributed by atoms with Crippen LogP contribution in [-0.2, 0) is 4.79 Å². The molecule has 6 nitrogen and oxygen atoms in total. The normalized spacial score (nSPS) is 11.1. The van der Waals surface area contributed by atoms with Crippen molar-refractivity contribution in [1.82, 2.24) is 10.6 Å². The first-order valence-corrected chi connectivity index (χ1v) is 3.93. The van der Waals surface area contributed by atoms with E-state index in [1.54, 1.807) is 0 Å². The van der Waals surface area contributed by atoms with E-state index in [-0.39, 0.29) is 6.54 Å². The van der Waals surface area contributed by atoms with Crippen molar-refractivity contribution in [3.63, 3.8) is 0 Å². The standard InChI is InChI=1S/C8H12N2O4/c1-2-3-4-9-8(14)10-6(5-11)7(12)13/h1,6,11H,3-5H2,(H,12,13)(H2,9,10,14)/t6-/m1/s1. The molecule has 0 fully saturated rings. The highest BCUT2D eigenvalue weighted by molar-refractivity contribution is 5.82. The number of nitrogens with one attached hydrogen (secondary N) is 2. The van der Waals surface area contributed by atoms with E-state index in [0.717, 1.165) is 0 Å². The van der Waals surface area contributed by atoms with Crippen LogP contribution in [0.1, 0.15) is 6.42 Å². The summed E-state index contributed by atoms with van der Waals surface area (Å²) < 4.78 is 0. The Morgan fingerprint density at radius 1 is 1.50 bits per heavy atom. The van der Waals surface area contributed by atoms with E-state index in [4.69, 9.17) is 16.6 Å². The van der Waals surface area contributed by atoms with Gasteiger partial charge in [-0.3, -0.25) is 0 Å². The number of urea groups is 1. The van der Waals surface area contributed by atoms with Gasteiger partial charge < -0.3 is 20.8 Å². The van der Waals surface area contributed by atoms with Crippen molar-refractivity contribution in [2.45, 2.75) is 12.5 Å². The van der Waals surface area contributed by atoms with Crippen LogP contribution in [0.3, 0.4) is 0 Å². The Morgan fingerprint density at radius 3 is 2.57 bits per heavy atom. The molecule has 0 saturated carbocycles.